The van der Waals surface area contributed by atoms with Gasteiger partial charge < -0.3 is 10.2 Å². The molecule has 0 fully saturated rings. The van der Waals surface area contributed by atoms with E-state index >= 15 is 0 Å². The van der Waals surface area contributed by atoms with E-state index < -0.39 is 5.69 Å². The fourth-order valence-corrected chi connectivity index (χ4v) is 2.23. The fourth-order valence-electron chi connectivity index (χ4n) is 2.04. The highest BCUT2D eigenvalue weighted by molar-refractivity contribution is 6.30. The smallest absolute Gasteiger partial charge is 0.348 e. The lowest BCUT2D eigenvalue weighted by Crippen LogP contribution is -2.15. The van der Waals surface area contributed by atoms with Gasteiger partial charge in [0.25, 0.3) is 0 Å². The zero-order valence-corrected chi connectivity index (χ0v) is 11.4. The number of hydrogen-bond acceptors (Lipinski definition) is 4. The van der Waals surface area contributed by atoms with Crippen molar-refractivity contribution in [2.75, 3.05) is 0 Å². The normalized spacial score (nSPS) is 10.7. The number of phenols is 2. The Morgan fingerprint density at radius 3 is 2.67 bits per heavy atom. The molecule has 0 bridgehead atoms. The SMILES string of the molecule is O=c1[nH]nc(-c2ccc(O)cc2O)n1-c1cccc(Cl)c1. The van der Waals surface area contributed by atoms with Gasteiger partial charge in [-0.05, 0) is 30.3 Å². The number of rotatable bonds is 2. The van der Waals surface area contributed by atoms with E-state index in [4.69, 9.17) is 11.6 Å². The first-order valence-electron chi connectivity index (χ1n) is 6.02. The van der Waals surface area contributed by atoms with Crippen molar-refractivity contribution >= 4 is 11.6 Å². The van der Waals surface area contributed by atoms with Crippen LogP contribution in [0.1, 0.15) is 0 Å². The minimum atomic E-state index is -0.459. The summed E-state index contributed by atoms with van der Waals surface area (Å²) in [6.45, 7) is 0. The molecule has 1 aromatic heterocycles. The van der Waals surface area contributed by atoms with Gasteiger partial charge in [0.1, 0.15) is 11.5 Å². The predicted molar refractivity (Wildman–Crippen MR) is 78.0 cm³/mol. The van der Waals surface area contributed by atoms with E-state index in [-0.39, 0.29) is 17.3 Å². The maximum atomic E-state index is 12.0. The third-order valence-corrected chi connectivity index (χ3v) is 3.20. The van der Waals surface area contributed by atoms with Crippen molar-refractivity contribution in [1.29, 1.82) is 0 Å². The Hall–Kier alpha value is -2.73. The third kappa shape index (κ3) is 2.36. The van der Waals surface area contributed by atoms with Gasteiger partial charge in [0.15, 0.2) is 5.82 Å². The molecule has 0 aliphatic rings. The van der Waals surface area contributed by atoms with Gasteiger partial charge in [-0.3, -0.25) is 0 Å². The number of hydrogen-bond donors (Lipinski definition) is 3. The van der Waals surface area contributed by atoms with Crippen LogP contribution in [0.2, 0.25) is 5.02 Å². The standard InChI is InChI=1S/C14H10ClN3O3/c15-8-2-1-3-9(6-8)18-13(16-17-14(18)21)11-5-4-10(19)7-12(11)20/h1-7,19-20H,(H,17,21). The maximum absolute atomic E-state index is 12.0. The van der Waals surface area contributed by atoms with Gasteiger partial charge in [-0.2, -0.15) is 5.10 Å². The molecule has 1 heterocycles. The van der Waals surface area contributed by atoms with Crippen LogP contribution in [-0.4, -0.2) is 25.0 Å². The average Bonchev–Trinajstić information content (AvgIpc) is 2.80. The lowest BCUT2D eigenvalue weighted by atomic mass is 10.1. The molecule has 0 radical (unpaired) electrons. The Bertz CT molecular complexity index is 870. The topological polar surface area (TPSA) is 91.1 Å². The summed E-state index contributed by atoms with van der Waals surface area (Å²) < 4.78 is 1.29. The molecule has 3 rings (SSSR count). The van der Waals surface area contributed by atoms with Crippen molar-refractivity contribution in [2.24, 2.45) is 0 Å². The lowest BCUT2D eigenvalue weighted by Gasteiger charge is -2.08. The molecular formula is C14H10ClN3O3. The molecule has 2 aromatic carbocycles. The Morgan fingerprint density at radius 2 is 1.95 bits per heavy atom. The molecule has 0 saturated heterocycles. The molecule has 0 unspecified atom stereocenters. The quantitative estimate of drug-likeness (QED) is 0.677. The second kappa shape index (κ2) is 4.99. The van der Waals surface area contributed by atoms with Crippen LogP contribution in [-0.2, 0) is 0 Å². The second-order valence-electron chi connectivity index (χ2n) is 4.37. The van der Waals surface area contributed by atoms with E-state index in [1.165, 1.54) is 22.8 Å². The van der Waals surface area contributed by atoms with E-state index in [1.807, 2.05) is 0 Å². The van der Waals surface area contributed by atoms with Crippen LogP contribution in [0.25, 0.3) is 17.1 Å². The van der Waals surface area contributed by atoms with Crippen LogP contribution in [0.15, 0.2) is 47.3 Å². The molecule has 3 aromatic rings. The number of aromatic amines is 1. The highest BCUT2D eigenvalue weighted by Gasteiger charge is 2.16. The Morgan fingerprint density at radius 1 is 1.14 bits per heavy atom. The summed E-state index contributed by atoms with van der Waals surface area (Å²) in [5, 5.41) is 26.0. The molecule has 0 atom stereocenters. The van der Waals surface area contributed by atoms with E-state index in [2.05, 4.69) is 10.2 Å². The van der Waals surface area contributed by atoms with Crippen LogP contribution >= 0.6 is 11.6 Å². The lowest BCUT2D eigenvalue weighted by molar-refractivity contribution is 0.451. The minimum absolute atomic E-state index is 0.0801. The Labute approximate surface area is 123 Å². The van der Waals surface area contributed by atoms with Crippen LogP contribution in [0, 0.1) is 0 Å². The summed E-state index contributed by atoms with van der Waals surface area (Å²) in [7, 11) is 0. The monoisotopic (exact) mass is 303 g/mol. The number of H-pyrrole nitrogens is 1. The predicted octanol–water partition coefficient (Wildman–Crippen LogP) is 2.29. The van der Waals surface area contributed by atoms with Crippen LogP contribution < -0.4 is 5.69 Å². The molecule has 7 heteroatoms. The van der Waals surface area contributed by atoms with Crippen molar-refractivity contribution in [3.05, 3.63) is 58.0 Å². The summed E-state index contributed by atoms with van der Waals surface area (Å²) in [6.07, 6.45) is 0. The van der Waals surface area contributed by atoms with E-state index in [0.29, 0.717) is 16.3 Å². The summed E-state index contributed by atoms with van der Waals surface area (Å²) >= 11 is 5.94. The number of nitrogens with zero attached hydrogens (tertiary/aromatic N) is 2. The summed E-state index contributed by atoms with van der Waals surface area (Å²) in [5.74, 6) is -0.0412. The first kappa shape index (κ1) is 13.3. The van der Waals surface area contributed by atoms with Crippen molar-refractivity contribution in [1.82, 2.24) is 14.8 Å². The molecule has 6 nitrogen and oxygen atoms in total. The number of aromatic nitrogens is 3. The molecule has 0 aliphatic carbocycles. The maximum Gasteiger partial charge on any atom is 0.348 e. The summed E-state index contributed by atoms with van der Waals surface area (Å²) in [4.78, 5) is 12.0. The first-order valence-corrected chi connectivity index (χ1v) is 6.40. The molecule has 21 heavy (non-hydrogen) atoms. The zero-order valence-electron chi connectivity index (χ0n) is 10.6. The van der Waals surface area contributed by atoms with Crippen molar-refractivity contribution in [2.45, 2.75) is 0 Å². The molecule has 106 valence electrons. The number of aromatic hydroxyl groups is 2. The summed E-state index contributed by atoms with van der Waals surface area (Å²) in [5.41, 5.74) is 0.370. The Kier molecular flexibility index (Phi) is 3.15. The van der Waals surface area contributed by atoms with Crippen LogP contribution in [0.4, 0.5) is 0 Å². The first-order chi connectivity index (χ1) is 10.1. The molecular weight excluding hydrogens is 294 g/mol. The van der Waals surface area contributed by atoms with Gasteiger partial charge in [0.2, 0.25) is 0 Å². The van der Waals surface area contributed by atoms with Gasteiger partial charge in [0.05, 0.1) is 11.3 Å². The van der Waals surface area contributed by atoms with Crippen molar-refractivity contribution < 1.29 is 10.2 Å². The molecule has 3 N–H and O–H groups in total. The number of phenolic OH excluding ortho intramolecular Hbond substituents is 2. The summed E-state index contributed by atoms with van der Waals surface area (Å²) in [6, 6.07) is 10.8. The molecule has 0 amide bonds. The highest BCUT2D eigenvalue weighted by Crippen LogP contribution is 2.31. The zero-order chi connectivity index (χ0) is 15.0. The van der Waals surface area contributed by atoms with Gasteiger partial charge in [0, 0.05) is 11.1 Å². The average molecular weight is 304 g/mol. The van der Waals surface area contributed by atoms with E-state index in [9.17, 15) is 15.0 Å². The third-order valence-electron chi connectivity index (χ3n) is 2.96. The minimum Gasteiger partial charge on any atom is -0.508 e. The molecule has 0 aliphatic heterocycles. The number of nitrogens with one attached hydrogen (secondary N) is 1. The highest BCUT2D eigenvalue weighted by atomic mass is 35.5. The van der Waals surface area contributed by atoms with E-state index in [0.717, 1.165) is 0 Å². The fraction of sp³-hybridized carbons (Fsp3) is 0. The second-order valence-corrected chi connectivity index (χ2v) is 4.81. The van der Waals surface area contributed by atoms with Gasteiger partial charge in [-0.15, -0.1) is 0 Å². The van der Waals surface area contributed by atoms with Gasteiger partial charge >= 0.3 is 5.69 Å². The van der Waals surface area contributed by atoms with Crippen molar-refractivity contribution in [3.8, 4) is 28.6 Å². The number of benzene rings is 2. The van der Waals surface area contributed by atoms with E-state index in [1.54, 1.807) is 24.3 Å². The van der Waals surface area contributed by atoms with Gasteiger partial charge in [-0.1, -0.05) is 17.7 Å². The molecule has 0 spiro atoms. The molecule has 0 saturated carbocycles. The van der Waals surface area contributed by atoms with Gasteiger partial charge in [-0.25, -0.2) is 14.5 Å². The Balaban J connectivity index is 2.24. The number of halogens is 1. The largest absolute Gasteiger partial charge is 0.508 e. The van der Waals surface area contributed by atoms with Crippen LogP contribution in [0.3, 0.4) is 0 Å². The van der Waals surface area contributed by atoms with Crippen LogP contribution in [0.5, 0.6) is 11.5 Å². The van der Waals surface area contributed by atoms with Crippen molar-refractivity contribution in [3.63, 3.8) is 0 Å².